The molecule has 4 heteroatoms. The summed E-state index contributed by atoms with van der Waals surface area (Å²) in [5.74, 6) is 0. The van der Waals surface area contributed by atoms with Gasteiger partial charge < -0.3 is 4.74 Å². The number of hydrogen-bond donors (Lipinski definition) is 0. The highest BCUT2D eigenvalue weighted by Gasteiger charge is 2.30. The molecule has 4 rings (SSSR count). The number of ether oxygens (including phenoxy) is 1. The molecule has 0 spiro atoms. The zero-order valence-corrected chi connectivity index (χ0v) is 17.3. The molecule has 0 bridgehead atoms. The van der Waals surface area contributed by atoms with Crippen molar-refractivity contribution in [3.8, 4) is 0 Å². The second-order valence-corrected chi connectivity index (χ2v) is 8.48. The van der Waals surface area contributed by atoms with Crippen molar-refractivity contribution < 1.29 is 14.3 Å². The molecule has 148 valence electrons. The molecule has 0 saturated carbocycles. The number of rotatable bonds is 2. The summed E-state index contributed by atoms with van der Waals surface area (Å²) in [5, 5.41) is 0.981. The van der Waals surface area contributed by atoms with E-state index in [-0.39, 0.29) is 0 Å². The maximum atomic E-state index is 13.3. The molecule has 1 aliphatic rings. The first-order valence-corrected chi connectivity index (χ1v) is 9.92. The third kappa shape index (κ3) is 3.29. The fourth-order valence-electron chi connectivity index (χ4n) is 4.14. The number of aromatic nitrogens is 1. The van der Waals surface area contributed by atoms with Gasteiger partial charge in [0.2, 0.25) is 0 Å². The van der Waals surface area contributed by atoms with Crippen LogP contribution in [0.5, 0.6) is 0 Å². The molecule has 1 heterocycles. The summed E-state index contributed by atoms with van der Waals surface area (Å²) < 4.78 is 7.38. The molecule has 29 heavy (non-hydrogen) atoms. The topological polar surface area (TPSA) is 48.3 Å². The van der Waals surface area contributed by atoms with Gasteiger partial charge in [0.05, 0.1) is 11.2 Å². The van der Waals surface area contributed by atoms with Gasteiger partial charge in [0, 0.05) is 16.5 Å². The van der Waals surface area contributed by atoms with Crippen LogP contribution < -0.4 is 0 Å². The molecule has 4 nitrogen and oxygen atoms in total. The Morgan fingerprint density at radius 1 is 1.03 bits per heavy atom. The zero-order chi connectivity index (χ0) is 20.8. The molecule has 0 atom stereocenters. The summed E-state index contributed by atoms with van der Waals surface area (Å²) in [6, 6.07) is 15.9. The van der Waals surface area contributed by atoms with Crippen LogP contribution >= 0.6 is 0 Å². The SMILES string of the molecule is Cc1c(C2=C(C=O)CCc3ccccc32)n(C(=O)OC(C)(C)C)c2ccccc12. The molecule has 3 aromatic rings. The molecule has 2 aromatic carbocycles. The largest absolute Gasteiger partial charge is 0.443 e. The number of aldehydes is 1. The van der Waals surface area contributed by atoms with E-state index in [0.29, 0.717) is 6.42 Å². The Hall–Kier alpha value is -3.14. The fraction of sp³-hybridized carbons (Fsp3) is 0.280. The van der Waals surface area contributed by atoms with Gasteiger partial charge in [-0.25, -0.2) is 9.36 Å². The minimum Gasteiger partial charge on any atom is -0.443 e. The maximum absolute atomic E-state index is 13.3. The molecule has 0 aliphatic heterocycles. The van der Waals surface area contributed by atoms with E-state index < -0.39 is 11.7 Å². The van der Waals surface area contributed by atoms with Crippen molar-refractivity contribution in [2.75, 3.05) is 0 Å². The van der Waals surface area contributed by atoms with Gasteiger partial charge in [0.25, 0.3) is 0 Å². The first-order valence-electron chi connectivity index (χ1n) is 9.92. The van der Waals surface area contributed by atoms with Crippen molar-refractivity contribution in [1.29, 1.82) is 0 Å². The smallest absolute Gasteiger partial charge is 0.419 e. The van der Waals surface area contributed by atoms with Crippen LogP contribution in [0.1, 0.15) is 49.6 Å². The number of allylic oxidation sites excluding steroid dienone is 1. The number of para-hydroxylation sites is 1. The fourth-order valence-corrected chi connectivity index (χ4v) is 4.14. The minimum atomic E-state index is -0.625. The Labute approximate surface area is 170 Å². The van der Waals surface area contributed by atoms with Gasteiger partial charge in [0.15, 0.2) is 0 Å². The lowest BCUT2D eigenvalue weighted by Crippen LogP contribution is -2.28. The molecule has 0 saturated heterocycles. The number of carbonyl (C=O) groups excluding carboxylic acids is 2. The lowest BCUT2D eigenvalue weighted by Gasteiger charge is -2.25. The van der Waals surface area contributed by atoms with Crippen LogP contribution in [0, 0.1) is 6.92 Å². The summed E-state index contributed by atoms with van der Waals surface area (Å²) in [6.45, 7) is 7.57. The minimum absolute atomic E-state index is 0.433. The van der Waals surface area contributed by atoms with E-state index in [1.165, 1.54) is 5.56 Å². The highest BCUT2D eigenvalue weighted by molar-refractivity contribution is 6.04. The summed E-state index contributed by atoms with van der Waals surface area (Å²) in [7, 11) is 0. The first kappa shape index (κ1) is 19.2. The van der Waals surface area contributed by atoms with Gasteiger partial charge in [-0.2, -0.15) is 0 Å². The Morgan fingerprint density at radius 2 is 1.72 bits per heavy atom. The average Bonchev–Trinajstić information content (AvgIpc) is 2.98. The van der Waals surface area contributed by atoms with E-state index in [0.717, 1.165) is 51.6 Å². The molecule has 0 N–H and O–H groups in total. The summed E-state index contributed by atoms with van der Waals surface area (Å²) in [4.78, 5) is 25.3. The predicted octanol–water partition coefficient (Wildman–Crippen LogP) is 5.68. The Balaban J connectivity index is 2.07. The van der Waals surface area contributed by atoms with Gasteiger partial charge in [-0.15, -0.1) is 0 Å². The van der Waals surface area contributed by atoms with E-state index in [1.807, 2.05) is 70.2 Å². The normalized spacial score (nSPS) is 14.1. The van der Waals surface area contributed by atoms with Crippen LogP contribution in [0.15, 0.2) is 54.1 Å². The van der Waals surface area contributed by atoms with Crippen molar-refractivity contribution in [2.24, 2.45) is 0 Å². The zero-order valence-electron chi connectivity index (χ0n) is 17.3. The van der Waals surface area contributed by atoms with Gasteiger partial charge >= 0.3 is 6.09 Å². The Bertz CT molecular complexity index is 1160. The molecular weight excluding hydrogens is 362 g/mol. The van der Waals surface area contributed by atoms with E-state index in [1.54, 1.807) is 4.57 Å². The lowest BCUT2D eigenvalue weighted by molar-refractivity contribution is -0.105. The number of fused-ring (bicyclic) bond motifs is 2. The van der Waals surface area contributed by atoms with Crippen LogP contribution in [-0.2, 0) is 16.0 Å². The average molecular weight is 387 g/mol. The lowest BCUT2D eigenvalue weighted by atomic mass is 9.83. The van der Waals surface area contributed by atoms with E-state index >= 15 is 0 Å². The van der Waals surface area contributed by atoms with Crippen molar-refractivity contribution in [2.45, 2.75) is 46.1 Å². The standard InChI is InChI=1S/C25H25NO3/c1-16-19-10-7-8-12-21(19)26(24(28)29-25(2,3)4)23(16)22-18(15-27)14-13-17-9-5-6-11-20(17)22/h5-12,15H,13-14H2,1-4H3. The van der Waals surface area contributed by atoms with Crippen LogP contribution in [0.2, 0.25) is 0 Å². The second-order valence-electron chi connectivity index (χ2n) is 8.48. The number of nitrogens with zero attached hydrogens (tertiary/aromatic N) is 1. The van der Waals surface area contributed by atoms with Crippen molar-refractivity contribution >= 4 is 28.9 Å². The molecule has 0 amide bonds. The van der Waals surface area contributed by atoms with E-state index in [2.05, 4.69) is 6.07 Å². The number of hydrogen-bond acceptors (Lipinski definition) is 3. The number of benzene rings is 2. The van der Waals surface area contributed by atoms with Gasteiger partial charge in [-0.05, 0) is 63.3 Å². The molecule has 1 aliphatic carbocycles. The third-order valence-electron chi connectivity index (χ3n) is 5.35. The quantitative estimate of drug-likeness (QED) is 0.532. The maximum Gasteiger partial charge on any atom is 0.419 e. The Morgan fingerprint density at radius 3 is 2.45 bits per heavy atom. The molecule has 0 unspecified atom stereocenters. The van der Waals surface area contributed by atoms with Crippen molar-refractivity contribution in [3.63, 3.8) is 0 Å². The molecule has 1 aromatic heterocycles. The molecule has 0 radical (unpaired) electrons. The Kier molecular flexibility index (Phi) is 4.65. The van der Waals surface area contributed by atoms with Gasteiger partial charge in [-0.1, -0.05) is 42.5 Å². The summed E-state index contributed by atoms with van der Waals surface area (Å²) in [6.07, 6.45) is 1.98. The second kappa shape index (κ2) is 7.03. The highest BCUT2D eigenvalue weighted by Crippen LogP contribution is 2.40. The summed E-state index contributed by atoms with van der Waals surface area (Å²) >= 11 is 0. The van der Waals surface area contributed by atoms with Crippen LogP contribution in [0.25, 0.3) is 16.5 Å². The highest BCUT2D eigenvalue weighted by atomic mass is 16.6. The third-order valence-corrected chi connectivity index (χ3v) is 5.35. The predicted molar refractivity (Wildman–Crippen MR) is 115 cm³/mol. The van der Waals surface area contributed by atoms with Gasteiger partial charge in [-0.3, -0.25) is 4.79 Å². The van der Waals surface area contributed by atoms with Crippen LogP contribution in [0.4, 0.5) is 4.79 Å². The van der Waals surface area contributed by atoms with Crippen LogP contribution in [0.3, 0.4) is 0 Å². The number of aryl methyl sites for hydroxylation is 2. The van der Waals surface area contributed by atoms with Crippen molar-refractivity contribution in [3.05, 3.63) is 76.5 Å². The molecular formula is C25H25NO3. The monoisotopic (exact) mass is 387 g/mol. The van der Waals surface area contributed by atoms with E-state index in [4.69, 9.17) is 4.74 Å². The first-order chi connectivity index (χ1) is 13.8. The van der Waals surface area contributed by atoms with Crippen LogP contribution in [-0.4, -0.2) is 22.5 Å². The van der Waals surface area contributed by atoms with Crippen molar-refractivity contribution in [1.82, 2.24) is 4.57 Å². The number of carbonyl (C=O) groups is 2. The van der Waals surface area contributed by atoms with Gasteiger partial charge in [0.1, 0.15) is 11.9 Å². The molecule has 0 fully saturated rings. The summed E-state index contributed by atoms with van der Waals surface area (Å²) in [5.41, 5.74) is 5.63. The van der Waals surface area contributed by atoms with E-state index in [9.17, 15) is 9.59 Å².